The first-order valence-corrected chi connectivity index (χ1v) is 7.18. The Balaban J connectivity index is 2.28. The summed E-state index contributed by atoms with van der Waals surface area (Å²) in [4.78, 5) is 6.10. The van der Waals surface area contributed by atoms with Gasteiger partial charge in [-0.15, -0.1) is 0 Å². The van der Waals surface area contributed by atoms with Gasteiger partial charge in [0.05, 0.1) is 11.2 Å². The first-order valence-electron chi connectivity index (χ1n) is 6.81. The standard InChI is InChI=1S/C16H18ClFN2O/c1-4-5-11-6-8-13(17)16(15(11)18)21-12-7-9-14(19-10-12)20(2)3/h6-10H,4-5H2,1-3H3. The number of hydrogen-bond donors (Lipinski definition) is 0. The molecule has 2 rings (SSSR count). The number of hydrogen-bond acceptors (Lipinski definition) is 3. The first kappa shape index (κ1) is 15.6. The molecular formula is C16H18ClFN2O. The van der Waals surface area contributed by atoms with E-state index >= 15 is 0 Å². The smallest absolute Gasteiger partial charge is 0.181 e. The molecular weight excluding hydrogens is 291 g/mol. The van der Waals surface area contributed by atoms with Crippen LogP contribution in [-0.2, 0) is 6.42 Å². The molecule has 0 bridgehead atoms. The minimum Gasteiger partial charge on any atom is -0.451 e. The zero-order valence-corrected chi connectivity index (χ0v) is 13.1. The molecule has 0 fully saturated rings. The maximum Gasteiger partial charge on any atom is 0.181 e. The summed E-state index contributed by atoms with van der Waals surface area (Å²) in [5.74, 6) is 0.909. The summed E-state index contributed by atoms with van der Waals surface area (Å²) in [5.41, 5.74) is 0.606. The van der Waals surface area contributed by atoms with Gasteiger partial charge in [0.1, 0.15) is 11.6 Å². The van der Waals surface area contributed by atoms with E-state index in [1.54, 1.807) is 30.5 Å². The number of halogens is 2. The van der Waals surface area contributed by atoms with Crippen LogP contribution in [0.4, 0.5) is 10.2 Å². The van der Waals surface area contributed by atoms with Crippen LogP contribution >= 0.6 is 11.6 Å². The Labute approximate surface area is 129 Å². The SMILES string of the molecule is CCCc1ccc(Cl)c(Oc2ccc(N(C)C)nc2)c1F. The zero-order valence-electron chi connectivity index (χ0n) is 12.4. The second kappa shape index (κ2) is 6.76. The molecule has 1 aromatic heterocycles. The predicted molar refractivity (Wildman–Crippen MR) is 84.0 cm³/mol. The van der Waals surface area contributed by atoms with Gasteiger partial charge in [0.2, 0.25) is 0 Å². The molecule has 1 heterocycles. The Hall–Kier alpha value is -1.81. The fourth-order valence-electron chi connectivity index (χ4n) is 1.94. The van der Waals surface area contributed by atoms with Gasteiger partial charge in [0.25, 0.3) is 0 Å². The van der Waals surface area contributed by atoms with Crippen LogP contribution < -0.4 is 9.64 Å². The third-order valence-electron chi connectivity index (χ3n) is 3.05. The van der Waals surface area contributed by atoms with Crippen molar-refractivity contribution in [3.8, 4) is 11.5 Å². The lowest BCUT2D eigenvalue weighted by atomic mass is 10.1. The molecule has 0 amide bonds. The van der Waals surface area contributed by atoms with E-state index in [2.05, 4.69) is 4.98 Å². The van der Waals surface area contributed by atoms with Crippen LogP contribution in [0.5, 0.6) is 11.5 Å². The minimum atomic E-state index is -0.402. The van der Waals surface area contributed by atoms with E-state index in [1.807, 2.05) is 25.9 Å². The van der Waals surface area contributed by atoms with E-state index in [0.29, 0.717) is 17.7 Å². The highest BCUT2D eigenvalue weighted by atomic mass is 35.5. The number of anilines is 1. The number of aryl methyl sites for hydroxylation is 1. The summed E-state index contributed by atoms with van der Waals surface area (Å²) in [6.45, 7) is 2.00. The number of benzene rings is 1. The molecule has 2 aromatic rings. The van der Waals surface area contributed by atoms with E-state index in [9.17, 15) is 4.39 Å². The van der Waals surface area contributed by atoms with Gasteiger partial charge in [0, 0.05) is 14.1 Å². The molecule has 1 aromatic carbocycles. The Morgan fingerprint density at radius 3 is 2.57 bits per heavy atom. The molecule has 0 radical (unpaired) electrons. The van der Waals surface area contributed by atoms with Crippen molar-refractivity contribution in [2.24, 2.45) is 0 Å². The van der Waals surface area contributed by atoms with Gasteiger partial charge in [-0.2, -0.15) is 0 Å². The van der Waals surface area contributed by atoms with E-state index in [1.165, 1.54) is 0 Å². The van der Waals surface area contributed by atoms with Crippen LogP contribution in [0.1, 0.15) is 18.9 Å². The van der Waals surface area contributed by atoms with E-state index in [4.69, 9.17) is 16.3 Å². The van der Waals surface area contributed by atoms with Crippen molar-refractivity contribution >= 4 is 17.4 Å². The van der Waals surface area contributed by atoms with E-state index < -0.39 is 5.82 Å². The molecule has 0 atom stereocenters. The highest BCUT2D eigenvalue weighted by Gasteiger charge is 2.14. The van der Waals surface area contributed by atoms with Gasteiger partial charge in [0.15, 0.2) is 11.6 Å². The summed E-state index contributed by atoms with van der Waals surface area (Å²) in [7, 11) is 3.79. The molecule has 0 saturated carbocycles. The van der Waals surface area contributed by atoms with E-state index in [-0.39, 0.29) is 10.8 Å². The average molecular weight is 309 g/mol. The van der Waals surface area contributed by atoms with Crippen LogP contribution in [0, 0.1) is 5.82 Å². The highest BCUT2D eigenvalue weighted by Crippen LogP contribution is 2.34. The Kier molecular flexibility index (Phi) is 5.02. The molecule has 0 saturated heterocycles. The summed E-state index contributed by atoms with van der Waals surface area (Å²) >= 11 is 6.04. The van der Waals surface area contributed by atoms with Crippen molar-refractivity contribution < 1.29 is 9.13 Å². The van der Waals surface area contributed by atoms with Crippen LogP contribution in [-0.4, -0.2) is 19.1 Å². The Morgan fingerprint density at radius 2 is 2.00 bits per heavy atom. The van der Waals surface area contributed by atoms with Gasteiger partial charge in [-0.1, -0.05) is 31.0 Å². The topological polar surface area (TPSA) is 25.4 Å². The number of ether oxygens (including phenoxy) is 1. The second-order valence-corrected chi connectivity index (χ2v) is 5.36. The van der Waals surface area contributed by atoms with Crippen molar-refractivity contribution in [1.82, 2.24) is 4.98 Å². The quantitative estimate of drug-likeness (QED) is 0.801. The fourth-order valence-corrected chi connectivity index (χ4v) is 2.13. The summed E-state index contributed by atoms with van der Waals surface area (Å²) < 4.78 is 19.9. The molecule has 21 heavy (non-hydrogen) atoms. The third kappa shape index (κ3) is 3.64. The van der Waals surface area contributed by atoms with Crippen LogP contribution in [0.25, 0.3) is 0 Å². The maximum absolute atomic E-state index is 14.4. The average Bonchev–Trinajstić information content (AvgIpc) is 2.47. The van der Waals surface area contributed by atoms with Gasteiger partial charge in [-0.25, -0.2) is 9.37 Å². The monoisotopic (exact) mass is 308 g/mol. The normalized spacial score (nSPS) is 10.5. The highest BCUT2D eigenvalue weighted by molar-refractivity contribution is 6.32. The number of nitrogens with zero attached hydrogens (tertiary/aromatic N) is 2. The van der Waals surface area contributed by atoms with Crippen molar-refractivity contribution in [1.29, 1.82) is 0 Å². The van der Waals surface area contributed by atoms with Gasteiger partial charge in [-0.05, 0) is 30.2 Å². The lowest BCUT2D eigenvalue weighted by Crippen LogP contribution is -2.10. The molecule has 0 aliphatic carbocycles. The predicted octanol–water partition coefficient (Wildman–Crippen LogP) is 4.68. The molecule has 0 aliphatic rings. The second-order valence-electron chi connectivity index (χ2n) is 4.95. The summed E-state index contributed by atoms with van der Waals surface area (Å²) in [6.07, 6.45) is 3.06. The zero-order chi connectivity index (χ0) is 15.4. The van der Waals surface area contributed by atoms with E-state index in [0.717, 1.165) is 12.2 Å². The number of pyridine rings is 1. The first-order chi connectivity index (χ1) is 10.0. The van der Waals surface area contributed by atoms with Crippen molar-refractivity contribution in [3.05, 3.63) is 46.9 Å². The largest absolute Gasteiger partial charge is 0.451 e. The van der Waals surface area contributed by atoms with Crippen molar-refractivity contribution in [2.75, 3.05) is 19.0 Å². The van der Waals surface area contributed by atoms with Crippen LogP contribution in [0.2, 0.25) is 5.02 Å². The number of aromatic nitrogens is 1. The van der Waals surface area contributed by atoms with Gasteiger partial charge in [-0.3, -0.25) is 0 Å². The van der Waals surface area contributed by atoms with Crippen LogP contribution in [0.15, 0.2) is 30.5 Å². The molecule has 0 N–H and O–H groups in total. The molecule has 0 aliphatic heterocycles. The molecule has 112 valence electrons. The van der Waals surface area contributed by atoms with Gasteiger partial charge < -0.3 is 9.64 Å². The molecule has 0 unspecified atom stereocenters. The Bertz CT molecular complexity index is 614. The fraction of sp³-hybridized carbons (Fsp3) is 0.312. The molecule has 3 nitrogen and oxygen atoms in total. The summed E-state index contributed by atoms with van der Waals surface area (Å²) in [5, 5.41) is 0.254. The number of rotatable bonds is 5. The minimum absolute atomic E-state index is 0.0574. The molecule has 0 spiro atoms. The van der Waals surface area contributed by atoms with Crippen LogP contribution in [0.3, 0.4) is 0 Å². The molecule has 5 heteroatoms. The lowest BCUT2D eigenvalue weighted by molar-refractivity contribution is 0.437. The van der Waals surface area contributed by atoms with Crippen molar-refractivity contribution in [3.63, 3.8) is 0 Å². The summed E-state index contributed by atoms with van der Waals surface area (Å²) in [6, 6.07) is 6.90. The third-order valence-corrected chi connectivity index (χ3v) is 3.34. The Morgan fingerprint density at radius 1 is 1.24 bits per heavy atom. The van der Waals surface area contributed by atoms with Gasteiger partial charge >= 0.3 is 0 Å². The maximum atomic E-state index is 14.4. The lowest BCUT2D eigenvalue weighted by Gasteiger charge is -2.13. The van der Waals surface area contributed by atoms with Crippen molar-refractivity contribution in [2.45, 2.75) is 19.8 Å².